The summed E-state index contributed by atoms with van der Waals surface area (Å²) in [5.41, 5.74) is 1.66. The molecule has 12 nitrogen and oxygen atoms in total. The van der Waals surface area contributed by atoms with Crippen molar-refractivity contribution < 1.29 is 54.3 Å². The van der Waals surface area contributed by atoms with Crippen LogP contribution >= 0.6 is 0 Å². The Morgan fingerprint density at radius 3 is 2.31 bits per heavy atom. The lowest BCUT2D eigenvalue weighted by Crippen LogP contribution is -2.64. The quantitative estimate of drug-likeness (QED) is 0.206. The number of ether oxygens (including phenoxy) is 5. The van der Waals surface area contributed by atoms with E-state index in [1.54, 1.807) is 0 Å². The Labute approximate surface area is 302 Å². The second-order valence-corrected chi connectivity index (χ2v) is 18.4. The fraction of sp³-hybridized carbons (Fsp3) is 0.949. The normalized spacial score (nSPS) is 58.4. The van der Waals surface area contributed by atoms with Gasteiger partial charge in [0.05, 0.1) is 24.9 Å². The zero-order chi connectivity index (χ0) is 36.2. The van der Waals surface area contributed by atoms with Crippen molar-refractivity contribution >= 4 is 0 Å². The average Bonchev–Trinajstić information content (AvgIpc) is 3.56. The van der Waals surface area contributed by atoms with Crippen LogP contribution in [0.4, 0.5) is 0 Å². The van der Waals surface area contributed by atoms with Crippen LogP contribution in [-0.2, 0) is 23.7 Å². The van der Waals surface area contributed by atoms with Gasteiger partial charge in [-0.1, -0.05) is 39.3 Å². The highest BCUT2D eigenvalue weighted by atomic mass is 16.7. The third-order valence-electron chi connectivity index (χ3n) is 15.8. The van der Waals surface area contributed by atoms with E-state index in [0.29, 0.717) is 47.0 Å². The summed E-state index contributed by atoms with van der Waals surface area (Å²) in [5.74, 6) is 3.74. The predicted molar refractivity (Wildman–Crippen MR) is 184 cm³/mol. The second-order valence-electron chi connectivity index (χ2n) is 18.4. The first-order valence-corrected chi connectivity index (χ1v) is 20.0. The first-order valence-electron chi connectivity index (χ1n) is 20.0. The number of aliphatic hydroxyl groups excluding tert-OH is 6. The molecule has 51 heavy (non-hydrogen) atoms. The molecular weight excluding hydrogens is 658 g/mol. The molecule has 0 radical (unpaired) electrons. The van der Waals surface area contributed by atoms with E-state index in [4.69, 9.17) is 23.7 Å². The van der Waals surface area contributed by atoms with Gasteiger partial charge in [-0.3, -0.25) is 5.32 Å². The van der Waals surface area contributed by atoms with Crippen LogP contribution in [0, 0.1) is 46.3 Å². The van der Waals surface area contributed by atoms with Gasteiger partial charge in [0.1, 0.15) is 48.5 Å². The van der Waals surface area contributed by atoms with Crippen molar-refractivity contribution in [2.24, 2.45) is 46.3 Å². The van der Waals surface area contributed by atoms with E-state index in [-0.39, 0.29) is 17.2 Å². The molecule has 0 bridgehead atoms. The van der Waals surface area contributed by atoms with Gasteiger partial charge in [0.25, 0.3) is 0 Å². The number of aliphatic hydroxyl groups is 6. The molecule has 21 atom stereocenters. The van der Waals surface area contributed by atoms with Crippen molar-refractivity contribution in [2.45, 2.75) is 172 Å². The monoisotopic (exact) mass is 721 g/mol. The molecule has 4 aliphatic carbocycles. The molecule has 3 saturated carbocycles. The number of allylic oxidation sites excluding steroid dienone is 1. The molecule has 8 aliphatic rings. The minimum atomic E-state index is -1.60. The van der Waals surface area contributed by atoms with Crippen LogP contribution < -0.4 is 5.32 Å². The Kier molecular flexibility index (Phi) is 9.83. The minimum absolute atomic E-state index is 0.0881. The highest BCUT2D eigenvalue weighted by molar-refractivity contribution is 5.26. The topological polar surface area (TPSA) is 180 Å². The maximum Gasteiger partial charge on any atom is 0.187 e. The van der Waals surface area contributed by atoms with Crippen LogP contribution in [0.5, 0.6) is 0 Å². The number of fused-ring (bicyclic) bond motifs is 7. The van der Waals surface area contributed by atoms with Gasteiger partial charge in [0.15, 0.2) is 12.6 Å². The summed E-state index contributed by atoms with van der Waals surface area (Å²) in [6.45, 7) is 11.9. The lowest BCUT2D eigenvalue weighted by molar-refractivity contribution is -0.360. The van der Waals surface area contributed by atoms with E-state index >= 15 is 0 Å². The molecule has 12 heteroatoms. The minimum Gasteiger partial charge on any atom is -0.394 e. The Hall–Kier alpha value is -0.740. The van der Waals surface area contributed by atoms with E-state index in [9.17, 15) is 30.6 Å². The summed E-state index contributed by atoms with van der Waals surface area (Å²) in [6.07, 6.45) is -1.11. The van der Waals surface area contributed by atoms with Crippen LogP contribution in [0.25, 0.3) is 0 Å². The Morgan fingerprint density at radius 2 is 1.59 bits per heavy atom. The lowest BCUT2D eigenvalue weighted by Gasteiger charge is -2.59. The molecule has 290 valence electrons. The summed E-state index contributed by atoms with van der Waals surface area (Å²) in [7, 11) is 0. The summed E-state index contributed by atoms with van der Waals surface area (Å²) in [6, 6.07) is 0. The van der Waals surface area contributed by atoms with Crippen molar-refractivity contribution in [1.29, 1.82) is 0 Å². The lowest BCUT2D eigenvalue weighted by atomic mass is 9.47. The molecule has 4 heterocycles. The molecule has 4 aliphatic heterocycles. The third kappa shape index (κ3) is 5.84. The maximum absolute atomic E-state index is 11.1. The first kappa shape index (κ1) is 37.2. The number of rotatable bonds is 5. The summed E-state index contributed by atoms with van der Waals surface area (Å²) in [4.78, 5) is 0. The van der Waals surface area contributed by atoms with Gasteiger partial charge in [-0.15, -0.1) is 0 Å². The zero-order valence-electron chi connectivity index (χ0n) is 31.0. The molecule has 0 amide bonds. The summed E-state index contributed by atoms with van der Waals surface area (Å²) < 4.78 is 30.7. The van der Waals surface area contributed by atoms with Gasteiger partial charge in [-0.2, -0.15) is 0 Å². The second kappa shape index (κ2) is 13.5. The van der Waals surface area contributed by atoms with Gasteiger partial charge >= 0.3 is 0 Å². The molecule has 0 aromatic carbocycles. The van der Waals surface area contributed by atoms with E-state index in [0.717, 1.165) is 38.6 Å². The standard InChI is InChI=1S/C39H63NO11/c1-18-8-13-39(40-16-18)19(2)28-26(51-39)15-25-23-7-6-21-14-22(9-11-37(21,4)24(23)10-12-38(25,28)5)48-36-33(46)31(44)34(27(17-41)49-36)50-35-32(45)30(43)29(42)20(3)47-35/h6,18-20,22-36,40-46H,7-17H2,1-5H3/t18?,19?,20-,22?,23?,24?,25?,26?,27+,28?,29-,30+,31+,32+,33+,34+,35-,36+,37?,38?,39?/m0/s1. The number of hydrogen-bond donors (Lipinski definition) is 7. The molecule has 8 rings (SSSR count). The number of piperidine rings is 1. The van der Waals surface area contributed by atoms with Gasteiger partial charge < -0.3 is 54.3 Å². The number of hydrogen-bond acceptors (Lipinski definition) is 12. The third-order valence-corrected chi connectivity index (χ3v) is 15.8. The van der Waals surface area contributed by atoms with Gasteiger partial charge in [0, 0.05) is 12.5 Å². The van der Waals surface area contributed by atoms with Crippen molar-refractivity contribution in [2.75, 3.05) is 13.2 Å². The van der Waals surface area contributed by atoms with Crippen molar-refractivity contribution in [3.8, 4) is 0 Å². The average molecular weight is 722 g/mol. The van der Waals surface area contributed by atoms with Gasteiger partial charge in [-0.05, 0) is 105 Å². The highest BCUT2D eigenvalue weighted by Crippen LogP contribution is 2.70. The van der Waals surface area contributed by atoms with Crippen molar-refractivity contribution in [1.82, 2.24) is 5.32 Å². The summed E-state index contributed by atoms with van der Waals surface area (Å²) in [5, 5.41) is 67.0. The van der Waals surface area contributed by atoms with E-state index in [1.807, 2.05) is 0 Å². The zero-order valence-corrected chi connectivity index (χ0v) is 31.0. The molecule has 0 aromatic heterocycles. The molecule has 7 N–H and O–H groups in total. The van der Waals surface area contributed by atoms with E-state index < -0.39 is 68.0 Å². The fourth-order valence-corrected chi connectivity index (χ4v) is 12.7. The molecule has 11 unspecified atom stereocenters. The Bertz CT molecular complexity index is 1310. The van der Waals surface area contributed by atoms with Gasteiger partial charge in [-0.25, -0.2) is 0 Å². The van der Waals surface area contributed by atoms with E-state index in [2.05, 4.69) is 39.1 Å². The summed E-state index contributed by atoms with van der Waals surface area (Å²) >= 11 is 0. The van der Waals surface area contributed by atoms with E-state index in [1.165, 1.54) is 38.2 Å². The van der Waals surface area contributed by atoms with Crippen molar-refractivity contribution in [3.63, 3.8) is 0 Å². The van der Waals surface area contributed by atoms with Crippen LogP contribution in [0.1, 0.15) is 92.4 Å². The maximum atomic E-state index is 11.1. The molecule has 7 fully saturated rings. The first-order chi connectivity index (χ1) is 24.2. The Balaban J connectivity index is 0.915. The van der Waals surface area contributed by atoms with Crippen LogP contribution in [0.3, 0.4) is 0 Å². The molecular formula is C39H63NO11. The van der Waals surface area contributed by atoms with Crippen LogP contribution in [-0.4, -0.2) is 123 Å². The van der Waals surface area contributed by atoms with Crippen molar-refractivity contribution in [3.05, 3.63) is 11.6 Å². The Morgan fingerprint density at radius 1 is 0.843 bits per heavy atom. The van der Waals surface area contributed by atoms with Crippen LogP contribution in [0.2, 0.25) is 0 Å². The molecule has 0 aromatic rings. The highest BCUT2D eigenvalue weighted by Gasteiger charge is 2.68. The van der Waals surface area contributed by atoms with Gasteiger partial charge in [0.2, 0.25) is 0 Å². The predicted octanol–water partition coefficient (Wildman–Crippen LogP) is 1.96. The number of nitrogens with one attached hydrogen (secondary N) is 1. The largest absolute Gasteiger partial charge is 0.394 e. The van der Waals surface area contributed by atoms with Crippen LogP contribution in [0.15, 0.2) is 11.6 Å². The smallest absolute Gasteiger partial charge is 0.187 e. The SMILES string of the molecule is CC1CCC2(NC1)OC1CC3C4CC=C5CC(O[C@@H]6O[C@H](CO)[C@@H](O[C@@H]7O[C@@H](C)[C@H](O)[C@@H](O)[C@H]7O)[C@H](O)[C@H]6O)CCC5(C)C4CCC3(C)C1C2C. The fourth-order valence-electron chi connectivity index (χ4n) is 12.7. The molecule has 1 spiro atoms. The molecule has 4 saturated heterocycles.